The summed E-state index contributed by atoms with van der Waals surface area (Å²) in [5, 5.41) is 8.97. The Bertz CT molecular complexity index is 446. The van der Waals surface area contributed by atoms with E-state index in [0.717, 1.165) is 10.2 Å². The number of hydrogen-bond acceptors (Lipinski definition) is 3. The van der Waals surface area contributed by atoms with Crippen molar-refractivity contribution in [3.05, 3.63) is 20.8 Å². The number of carbonyl (C=O) groups is 2. The average Bonchev–Trinajstić information content (AvgIpc) is 2.75. The van der Waals surface area contributed by atoms with Crippen molar-refractivity contribution in [2.75, 3.05) is 13.1 Å². The van der Waals surface area contributed by atoms with Gasteiger partial charge in [-0.3, -0.25) is 9.59 Å². The van der Waals surface area contributed by atoms with Gasteiger partial charge in [0.25, 0.3) is 5.91 Å². The van der Waals surface area contributed by atoms with Gasteiger partial charge in [0.15, 0.2) is 0 Å². The number of carboxylic acids is 1. The van der Waals surface area contributed by atoms with Crippen molar-refractivity contribution in [3.63, 3.8) is 0 Å². The molecule has 92 valence electrons. The predicted octanol–water partition coefficient (Wildman–Crippen LogP) is 2.45. The fourth-order valence-electron chi connectivity index (χ4n) is 1.95. The molecule has 0 bridgehead atoms. The van der Waals surface area contributed by atoms with Crippen LogP contribution in [0, 0.1) is 5.92 Å². The highest BCUT2D eigenvalue weighted by Crippen LogP contribution is 2.25. The van der Waals surface area contributed by atoms with Gasteiger partial charge in [-0.05, 0) is 40.9 Å². The Morgan fingerprint density at radius 2 is 2.24 bits per heavy atom. The van der Waals surface area contributed by atoms with Crippen LogP contribution in [0.25, 0.3) is 0 Å². The minimum absolute atomic E-state index is 0.0633. The molecule has 6 heteroatoms. The van der Waals surface area contributed by atoms with E-state index in [2.05, 4.69) is 15.9 Å². The lowest BCUT2D eigenvalue weighted by Gasteiger charge is -2.30. The number of thiophene rings is 1. The Hall–Kier alpha value is -0.880. The standard InChI is InChI=1S/C11H12BrNO3S/c12-9-4-3-8(17-9)10(14)13-5-1-2-7(6-13)11(15)16/h3-4,7H,1-2,5-6H2,(H,15,16). The maximum atomic E-state index is 12.1. The second-order valence-electron chi connectivity index (χ2n) is 4.03. The summed E-state index contributed by atoms with van der Waals surface area (Å²) in [5.74, 6) is -1.29. The number of aliphatic carboxylic acids is 1. The summed E-state index contributed by atoms with van der Waals surface area (Å²) < 4.78 is 0.910. The van der Waals surface area contributed by atoms with Crippen LogP contribution in [0.5, 0.6) is 0 Å². The minimum atomic E-state index is -0.810. The Morgan fingerprint density at radius 3 is 2.82 bits per heavy atom. The molecule has 0 saturated carbocycles. The van der Waals surface area contributed by atoms with E-state index in [1.807, 2.05) is 6.07 Å². The molecule has 2 heterocycles. The maximum Gasteiger partial charge on any atom is 0.308 e. The summed E-state index contributed by atoms with van der Waals surface area (Å²) in [6, 6.07) is 3.60. The molecular weight excluding hydrogens is 306 g/mol. The summed E-state index contributed by atoms with van der Waals surface area (Å²) in [4.78, 5) is 25.3. The van der Waals surface area contributed by atoms with Gasteiger partial charge in [0.1, 0.15) is 0 Å². The number of carboxylic acid groups (broad SMARTS) is 1. The second kappa shape index (κ2) is 5.18. The van der Waals surface area contributed by atoms with E-state index in [1.54, 1.807) is 11.0 Å². The quantitative estimate of drug-likeness (QED) is 0.911. The summed E-state index contributed by atoms with van der Waals surface area (Å²) in [6.07, 6.45) is 1.42. The van der Waals surface area contributed by atoms with Gasteiger partial charge in [-0.1, -0.05) is 0 Å². The van der Waals surface area contributed by atoms with Crippen LogP contribution in [0.15, 0.2) is 15.9 Å². The second-order valence-corrected chi connectivity index (χ2v) is 6.50. The van der Waals surface area contributed by atoms with Crippen LogP contribution in [0.2, 0.25) is 0 Å². The first-order chi connectivity index (χ1) is 8.08. The van der Waals surface area contributed by atoms with Crippen LogP contribution in [-0.4, -0.2) is 35.0 Å². The van der Waals surface area contributed by atoms with Crippen molar-refractivity contribution in [1.82, 2.24) is 4.90 Å². The molecule has 1 fully saturated rings. The van der Waals surface area contributed by atoms with Gasteiger partial charge in [-0.15, -0.1) is 11.3 Å². The van der Waals surface area contributed by atoms with Crippen molar-refractivity contribution in [3.8, 4) is 0 Å². The molecule has 1 N–H and O–H groups in total. The molecule has 1 aliphatic rings. The number of nitrogens with zero attached hydrogens (tertiary/aromatic N) is 1. The number of amides is 1. The topological polar surface area (TPSA) is 57.6 Å². The fourth-order valence-corrected chi connectivity index (χ4v) is 3.30. The molecule has 17 heavy (non-hydrogen) atoms. The van der Waals surface area contributed by atoms with Gasteiger partial charge in [0, 0.05) is 13.1 Å². The highest BCUT2D eigenvalue weighted by molar-refractivity contribution is 9.11. The van der Waals surface area contributed by atoms with Crippen LogP contribution >= 0.6 is 27.3 Å². The van der Waals surface area contributed by atoms with E-state index >= 15 is 0 Å². The van der Waals surface area contributed by atoms with Crippen molar-refractivity contribution >= 4 is 39.1 Å². The normalized spacial score (nSPS) is 20.3. The Kier molecular flexibility index (Phi) is 3.83. The minimum Gasteiger partial charge on any atom is -0.481 e. The molecule has 1 aromatic rings. The van der Waals surface area contributed by atoms with E-state index in [4.69, 9.17) is 5.11 Å². The first kappa shape index (κ1) is 12.6. The summed E-state index contributed by atoms with van der Waals surface area (Å²) in [7, 11) is 0. The molecule has 0 spiro atoms. The highest BCUT2D eigenvalue weighted by atomic mass is 79.9. The van der Waals surface area contributed by atoms with Gasteiger partial charge < -0.3 is 10.0 Å². The van der Waals surface area contributed by atoms with E-state index in [0.29, 0.717) is 24.4 Å². The molecular formula is C11H12BrNO3S. The molecule has 1 saturated heterocycles. The SMILES string of the molecule is O=C(O)C1CCCN(C(=O)c2ccc(Br)s2)C1. The lowest BCUT2D eigenvalue weighted by atomic mass is 9.98. The third-order valence-electron chi connectivity index (χ3n) is 2.84. The molecule has 4 nitrogen and oxygen atoms in total. The molecule has 1 atom stereocenters. The van der Waals surface area contributed by atoms with Crippen molar-refractivity contribution in [2.45, 2.75) is 12.8 Å². The van der Waals surface area contributed by atoms with E-state index in [9.17, 15) is 9.59 Å². The summed E-state index contributed by atoms with van der Waals surface area (Å²) >= 11 is 4.69. The average molecular weight is 318 g/mol. The number of carbonyl (C=O) groups excluding carboxylic acids is 1. The number of rotatable bonds is 2. The third-order valence-corrected chi connectivity index (χ3v) is 4.45. The maximum absolute atomic E-state index is 12.1. The molecule has 1 amide bonds. The smallest absolute Gasteiger partial charge is 0.308 e. The zero-order valence-electron chi connectivity index (χ0n) is 9.06. The van der Waals surface area contributed by atoms with Crippen LogP contribution in [0.4, 0.5) is 0 Å². The number of likely N-dealkylation sites (tertiary alicyclic amines) is 1. The zero-order valence-corrected chi connectivity index (χ0v) is 11.5. The van der Waals surface area contributed by atoms with Gasteiger partial charge >= 0.3 is 5.97 Å². The number of piperidine rings is 1. The molecule has 0 aromatic carbocycles. The summed E-state index contributed by atoms with van der Waals surface area (Å²) in [5.41, 5.74) is 0. The van der Waals surface area contributed by atoms with E-state index < -0.39 is 11.9 Å². The lowest BCUT2D eigenvalue weighted by Crippen LogP contribution is -2.42. The van der Waals surface area contributed by atoms with Gasteiger partial charge in [-0.2, -0.15) is 0 Å². The van der Waals surface area contributed by atoms with Gasteiger partial charge in [-0.25, -0.2) is 0 Å². The van der Waals surface area contributed by atoms with E-state index in [1.165, 1.54) is 11.3 Å². The number of hydrogen-bond donors (Lipinski definition) is 1. The van der Waals surface area contributed by atoms with Crippen molar-refractivity contribution < 1.29 is 14.7 Å². The van der Waals surface area contributed by atoms with Gasteiger partial charge in [0.05, 0.1) is 14.6 Å². The highest BCUT2D eigenvalue weighted by Gasteiger charge is 2.29. The molecule has 2 rings (SSSR count). The lowest BCUT2D eigenvalue weighted by molar-refractivity contribution is -0.143. The molecule has 1 aliphatic heterocycles. The predicted molar refractivity (Wildman–Crippen MR) is 68.3 cm³/mol. The Balaban J connectivity index is 2.07. The third kappa shape index (κ3) is 2.87. The first-order valence-corrected chi connectivity index (χ1v) is 6.96. The molecule has 1 aromatic heterocycles. The largest absolute Gasteiger partial charge is 0.481 e. The first-order valence-electron chi connectivity index (χ1n) is 5.35. The zero-order chi connectivity index (χ0) is 12.4. The Labute approximate surface area is 111 Å². The van der Waals surface area contributed by atoms with Crippen LogP contribution in [0.3, 0.4) is 0 Å². The number of halogens is 1. The Morgan fingerprint density at radius 1 is 1.47 bits per heavy atom. The molecule has 0 radical (unpaired) electrons. The van der Waals surface area contributed by atoms with Crippen LogP contribution in [-0.2, 0) is 4.79 Å². The summed E-state index contributed by atoms with van der Waals surface area (Å²) in [6.45, 7) is 0.974. The fraction of sp³-hybridized carbons (Fsp3) is 0.455. The van der Waals surface area contributed by atoms with Crippen LogP contribution < -0.4 is 0 Å². The van der Waals surface area contributed by atoms with Crippen molar-refractivity contribution in [1.29, 1.82) is 0 Å². The molecule has 1 unspecified atom stereocenters. The molecule has 0 aliphatic carbocycles. The van der Waals surface area contributed by atoms with Crippen LogP contribution in [0.1, 0.15) is 22.5 Å². The van der Waals surface area contributed by atoms with Crippen molar-refractivity contribution in [2.24, 2.45) is 5.92 Å². The monoisotopic (exact) mass is 317 g/mol. The van der Waals surface area contributed by atoms with E-state index in [-0.39, 0.29) is 5.91 Å². The van der Waals surface area contributed by atoms with Gasteiger partial charge in [0.2, 0.25) is 0 Å².